The number of hydrogen-bond donors (Lipinski definition) is 3. The van der Waals surface area contributed by atoms with Gasteiger partial charge in [-0.2, -0.15) is 21.0 Å². The third-order valence-corrected chi connectivity index (χ3v) is 1.70. The monoisotopic (exact) mass is 185 g/mol. The summed E-state index contributed by atoms with van der Waals surface area (Å²) in [6.07, 6.45) is 0. The molecule has 0 rings (SSSR count). The molecule has 0 aliphatic carbocycles. The third-order valence-electron chi connectivity index (χ3n) is 0.800. The van der Waals surface area contributed by atoms with Crippen molar-refractivity contribution < 1.29 is 13.0 Å². The fourth-order valence-electron chi connectivity index (χ4n) is 0.397. The van der Waals surface area contributed by atoms with Crippen molar-refractivity contribution in [2.24, 2.45) is 0 Å². The Balaban J connectivity index is 3.39. The zero-order valence-electron chi connectivity index (χ0n) is 5.61. The van der Waals surface area contributed by atoms with Crippen LogP contribution in [0.2, 0.25) is 0 Å². The van der Waals surface area contributed by atoms with Crippen LogP contribution in [0.4, 0.5) is 0 Å². The van der Waals surface area contributed by atoms with E-state index in [9.17, 15) is 8.42 Å². The summed E-state index contributed by atoms with van der Waals surface area (Å²) in [5, 5.41) is 2.67. The van der Waals surface area contributed by atoms with Gasteiger partial charge in [0.15, 0.2) is 0 Å². The molecule has 0 saturated heterocycles. The molecule has 10 heavy (non-hydrogen) atoms. The van der Waals surface area contributed by atoms with E-state index in [1.165, 1.54) is 0 Å². The van der Waals surface area contributed by atoms with E-state index >= 15 is 0 Å². The molecule has 2 N–H and O–H groups in total. The number of rotatable bonds is 4. The summed E-state index contributed by atoms with van der Waals surface area (Å²) in [5.74, 6) is -0.266. The molecular formula is C4H11NO3S2. The SMILES string of the molecule is CC(S)NCCS(=O)(=O)O. The number of hydrogen-bond acceptors (Lipinski definition) is 4. The first-order chi connectivity index (χ1) is 4.42. The zero-order valence-corrected chi connectivity index (χ0v) is 7.32. The molecule has 0 bridgehead atoms. The predicted octanol–water partition coefficient (Wildman–Crippen LogP) is -0.260. The molecule has 4 nitrogen and oxygen atoms in total. The molecule has 0 fully saturated rings. The quantitative estimate of drug-likeness (QED) is 0.321. The number of thiol groups is 1. The van der Waals surface area contributed by atoms with E-state index in [0.29, 0.717) is 0 Å². The van der Waals surface area contributed by atoms with E-state index < -0.39 is 10.1 Å². The van der Waals surface area contributed by atoms with Crippen LogP contribution in [0.25, 0.3) is 0 Å². The standard InChI is InChI=1S/C4H11NO3S2/c1-4(9)5-2-3-10(6,7)8/h4-5,9H,2-3H2,1H3,(H,6,7,8). The average molecular weight is 185 g/mol. The Morgan fingerprint density at radius 2 is 2.20 bits per heavy atom. The Morgan fingerprint density at radius 3 is 2.50 bits per heavy atom. The van der Waals surface area contributed by atoms with Crippen molar-refractivity contribution in [1.29, 1.82) is 0 Å². The first-order valence-electron chi connectivity index (χ1n) is 2.78. The van der Waals surface area contributed by atoms with Gasteiger partial charge >= 0.3 is 0 Å². The molecule has 0 aromatic carbocycles. The lowest BCUT2D eigenvalue weighted by Crippen LogP contribution is -2.27. The zero-order chi connectivity index (χ0) is 8.20. The molecule has 0 radical (unpaired) electrons. The van der Waals surface area contributed by atoms with Gasteiger partial charge in [0, 0.05) is 11.9 Å². The predicted molar refractivity (Wildman–Crippen MR) is 42.9 cm³/mol. The second-order valence-corrected chi connectivity index (χ2v) is 4.26. The van der Waals surface area contributed by atoms with E-state index in [4.69, 9.17) is 4.55 Å². The summed E-state index contributed by atoms with van der Waals surface area (Å²) in [4.78, 5) is 0. The molecule has 0 heterocycles. The molecule has 0 amide bonds. The maximum Gasteiger partial charge on any atom is 0.266 e. The van der Waals surface area contributed by atoms with Crippen LogP contribution in [0.1, 0.15) is 6.92 Å². The highest BCUT2D eigenvalue weighted by Gasteiger charge is 2.03. The fraction of sp³-hybridized carbons (Fsp3) is 1.00. The largest absolute Gasteiger partial charge is 0.305 e. The normalized spacial score (nSPS) is 15.1. The van der Waals surface area contributed by atoms with Crippen LogP contribution in [0.15, 0.2) is 0 Å². The van der Waals surface area contributed by atoms with Crippen molar-refractivity contribution >= 4 is 22.7 Å². The lowest BCUT2D eigenvalue weighted by atomic mass is 10.6. The topological polar surface area (TPSA) is 66.4 Å². The van der Waals surface area contributed by atoms with Crippen LogP contribution in [0.5, 0.6) is 0 Å². The van der Waals surface area contributed by atoms with E-state index in [-0.39, 0.29) is 17.7 Å². The minimum atomic E-state index is -3.82. The van der Waals surface area contributed by atoms with Crippen LogP contribution >= 0.6 is 12.6 Å². The second kappa shape index (κ2) is 4.17. The summed E-state index contributed by atoms with van der Waals surface area (Å²) in [5.41, 5.74) is 0. The van der Waals surface area contributed by atoms with Gasteiger partial charge in [-0.15, -0.1) is 0 Å². The first-order valence-corrected chi connectivity index (χ1v) is 4.91. The average Bonchev–Trinajstić information content (AvgIpc) is 1.59. The smallest absolute Gasteiger partial charge is 0.266 e. The summed E-state index contributed by atoms with van der Waals surface area (Å²) in [7, 11) is -3.82. The van der Waals surface area contributed by atoms with Gasteiger partial charge in [-0.1, -0.05) is 0 Å². The molecule has 0 aliphatic rings. The minimum Gasteiger partial charge on any atom is -0.305 e. The van der Waals surface area contributed by atoms with E-state index in [2.05, 4.69) is 17.9 Å². The first kappa shape index (κ1) is 10.2. The van der Waals surface area contributed by atoms with Crippen molar-refractivity contribution in [3.8, 4) is 0 Å². The summed E-state index contributed by atoms with van der Waals surface area (Å²) in [6.45, 7) is 2.00. The fourth-order valence-corrected chi connectivity index (χ4v) is 0.902. The van der Waals surface area contributed by atoms with E-state index in [1.807, 2.05) is 0 Å². The van der Waals surface area contributed by atoms with Crippen LogP contribution in [-0.2, 0) is 10.1 Å². The van der Waals surface area contributed by atoms with Gasteiger partial charge < -0.3 is 5.32 Å². The second-order valence-electron chi connectivity index (χ2n) is 1.92. The Morgan fingerprint density at radius 1 is 1.70 bits per heavy atom. The maximum atomic E-state index is 10.1. The Bertz CT molecular complexity index is 175. The van der Waals surface area contributed by atoms with Gasteiger partial charge in [0.25, 0.3) is 10.1 Å². The Kier molecular flexibility index (Phi) is 4.26. The number of nitrogens with one attached hydrogen (secondary N) is 1. The summed E-state index contributed by atoms with van der Waals surface area (Å²) < 4.78 is 28.4. The van der Waals surface area contributed by atoms with Crippen molar-refractivity contribution in [2.75, 3.05) is 12.3 Å². The van der Waals surface area contributed by atoms with Crippen molar-refractivity contribution in [3.63, 3.8) is 0 Å². The molecule has 0 aromatic heterocycles. The molecule has 6 heteroatoms. The highest BCUT2D eigenvalue weighted by atomic mass is 32.2. The van der Waals surface area contributed by atoms with E-state index in [1.54, 1.807) is 6.92 Å². The van der Waals surface area contributed by atoms with Crippen LogP contribution < -0.4 is 5.32 Å². The molecule has 1 atom stereocenters. The van der Waals surface area contributed by atoms with Crippen molar-refractivity contribution in [1.82, 2.24) is 5.32 Å². The lowest BCUT2D eigenvalue weighted by molar-refractivity contribution is 0.480. The Hall–Kier alpha value is 0.220. The molecular weight excluding hydrogens is 174 g/mol. The Labute approximate surface area is 66.2 Å². The minimum absolute atomic E-state index is 0.0539. The van der Waals surface area contributed by atoms with Crippen LogP contribution in [0.3, 0.4) is 0 Å². The molecule has 0 aromatic rings. The van der Waals surface area contributed by atoms with Gasteiger partial charge in [-0.3, -0.25) is 4.55 Å². The van der Waals surface area contributed by atoms with Gasteiger partial charge in [0.1, 0.15) is 0 Å². The summed E-state index contributed by atoms with van der Waals surface area (Å²) >= 11 is 3.94. The van der Waals surface area contributed by atoms with Crippen LogP contribution in [0, 0.1) is 0 Å². The highest BCUT2D eigenvalue weighted by molar-refractivity contribution is 7.85. The van der Waals surface area contributed by atoms with Crippen LogP contribution in [-0.4, -0.2) is 30.6 Å². The maximum absolute atomic E-state index is 10.1. The lowest BCUT2D eigenvalue weighted by Gasteiger charge is -2.04. The molecule has 0 saturated carbocycles. The van der Waals surface area contributed by atoms with Gasteiger partial charge in [-0.05, 0) is 6.92 Å². The van der Waals surface area contributed by atoms with Gasteiger partial charge in [0.05, 0.1) is 5.75 Å². The van der Waals surface area contributed by atoms with Crippen molar-refractivity contribution in [2.45, 2.75) is 12.3 Å². The van der Waals surface area contributed by atoms with Gasteiger partial charge in [0.2, 0.25) is 0 Å². The molecule has 0 aliphatic heterocycles. The van der Waals surface area contributed by atoms with E-state index in [0.717, 1.165) is 0 Å². The highest BCUT2D eigenvalue weighted by Crippen LogP contribution is 1.85. The van der Waals surface area contributed by atoms with Gasteiger partial charge in [-0.25, -0.2) is 0 Å². The van der Waals surface area contributed by atoms with Crippen molar-refractivity contribution in [3.05, 3.63) is 0 Å². The molecule has 0 spiro atoms. The summed E-state index contributed by atoms with van der Waals surface area (Å²) in [6, 6.07) is 0. The third kappa shape index (κ3) is 8.22. The molecule has 62 valence electrons. The molecule has 1 unspecified atom stereocenters.